The van der Waals surface area contributed by atoms with E-state index in [0.717, 1.165) is 18.6 Å². The van der Waals surface area contributed by atoms with Crippen molar-refractivity contribution in [2.45, 2.75) is 51.1 Å². The van der Waals surface area contributed by atoms with Gasteiger partial charge in [-0.2, -0.15) is 11.8 Å². The zero-order valence-electron chi connectivity index (χ0n) is 10.8. The third kappa shape index (κ3) is 6.53. The van der Waals surface area contributed by atoms with E-state index >= 15 is 0 Å². The Morgan fingerprint density at radius 3 is 2.71 bits per heavy atom. The van der Waals surface area contributed by atoms with Crippen molar-refractivity contribution in [3.63, 3.8) is 0 Å². The van der Waals surface area contributed by atoms with E-state index in [1.807, 2.05) is 0 Å². The van der Waals surface area contributed by atoms with Gasteiger partial charge in [0, 0.05) is 24.3 Å². The second kappa shape index (κ2) is 9.06. The third-order valence-corrected chi connectivity index (χ3v) is 4.07. The number of hydrogen-bond donors (Lipinski definition) is 2. The first kappa shape index (κ1) is 17.1. The van der Waals surface area contributed by atoms with Crippen LogP contribution in [0.2, 0.25) is 0 Å². The highest BCUT2D eigenvalue weighted by atomic mass is 35.5. The van der Waals surface area contributed by atoms with Crippen LogP contribution in [0.4, 0.5) is 0 Å². The molecule has 3 N–H and O–H groups in total. The molecule has 3 atom stereocenters. The molecule has 1 aliphatic carbocycles. The van der Waals surface area contributed by atoms with Crippen molar-refractivity contribution in [1.29, 1.82) is 0 Å². The minimum absolute atomic E-state index is 0. The summed E-state index contributed by atoms with van der Waals surface area (Å²) in [5.74, 6) is 1.54. The molecule has 0 aromatic rings. The molecule has 1 aliphatic rings. The Bertz CT molecular complexity index is 229. The van der Waals surface area contributed by atoms with Crippen LogP contribution in [0.1, 0.15) is 39.0 Å². The topological polar surface area (TPSA) is 55.1 Å². The van der Waals surface area contributed by atoms with Crippen molar-refractivity contribution in [3.05, 3.63) is 0 Å². The first-order valence-electron chi connectivity index (χ1n) is 6.17. The first-order chi connectivity index (χ1) is 7.63. The van der Waals surface area contributed by atoms with Gasteiger partial charge in [0.05, 0.1) is 0 Å². The Kier molecular flexibility index (Phi) is 9.10. The molecule has 0 bridgehead atoms. The van der Waals surface area contributed by atoms with Gasteiger partial charge in [0.25, 0.3) is 0 Å². The van der Waals surface area contributed by atoms with Crippen LogP contribution in [0.3, 0.4) is 0 Å². The van der Waals surface area contributed by atoms with E-state index in [9.17, 15) is 4.79 Å². The predicted octanol–water partition coefficient (Wildman–Crippen LogP) is 2.18. The maximum Gasteiger partial charge on any atom is 0.220 e. The molecular weight excluding hydrogens is 256 g/mol. The number of nitrogens with two attached hydrogens (primary N) is 1. The number of halogens is 1. The number of thioether (sulfide) groups is 1. The van der Waals surface area contributed by atoms with E-state index in [1.54, 1.807) is 11.8 Å². The summed E-state index contributed by atoms with van der Waals surface area (Å²) in [5.41, 5.74) is 6.03. The maximum absolute atomic E-state index is 11.8. The Labute approximate surface area is 115 Å². The average Bonchev–Trinajstić information content (AvgIpc) is 2.21. The van der Waals surface area contributed by atoms with Crippen molar-refractivity contribution >= 4 is 30.1 Å². The molecule has 17 heavy (non-hydrogen) atoms. The summed E-state index contributed by atoms with van der Waals surface area (Å²) in [6, 6.07) is 0.498. The third-order valence-electron chi connectivity index (χ3n) is 3.24. The summed E-state index contributed by atoms with van der Waals surface area (Å²) in [7, 11) is 0. The Morgan fingerprint density at radius 2 is 2.12 bits per heavy atom. The Balaban J connectivity index is 0.00000256. The highest BCUT2D eigenvalue weighted by Gasteiger charge is 2.24. The lowest BCUT2D eigenvalue weighted by Gasteiger charge is -2.28. The summed E-state index contributed by atoms with van der Waals surface area (Å²) in [6.45, 7) is 2.05. The van der Waals surface area contributed by atoms with Gasteiger partial charge in [-0.05, 0) is 31.9 Å². The fourth-order valence-electron chi connectivity index (χ4n) is 2.35. The van der Waals surface area contributed by atoms with Gasteiger partial charge in [-0.25, -0.2) is 0 Å². The Morgan fingerprint density at radius 1 is 1.47 bits per heavy atom. The molecule has 0 heterocycles. The van der Waals surface area contributed by atoms with Crippen LogP contribution in [0.25, 0.3) is 0 Å². The molecule has 0 saturated heterocycles. The van der Waals surface area contributed by atoms with E-state index in [1.165, 1.54) is 12.8 Å². The molecule has 0 aliphatic heterocycles. The van der Waals surface area contributed by atoms with Gasteiger partial charge in [-0.3, -0.25) is 4.79 Å². The molecule has 1 fully saturated rings. The number of carbonyl (C=O) groups is 1. The van der Waals surface area contributed by atoms with Crippen LogP contribution in [0, 0.1) is 5.92 Å². The lowest BCUT2D eigenvalue weighted by Crippen LogP contribution is -2.40. The summed E-state index contributed by atoms with van der Waals surface area (Å²) in [6.07, 6.45) is 7.32. The predicted molar refractivity (Wildman–Crippen MR) is 77.8 cm³/mol. The van der Waals surface area contributed by atoms with Crippen molar-refractivity contribution in [2.24, 2.45) is 11.7 Å². The molecule has 5 heteroatoms. The molecule has 0 aromatic carbocycles. The minimum atomic E-state index is 0. The monoisotopic (exact) mass is 280 g/mol. The smallest absolute Gasteiger partial charge is 0.220 e. The van der Waals surface area contributed by atoms with E-state index < -0.39 is 0 Å². The SMILES string of the molecule is CSCC(C)NC(=O)CC1CCCCC1N.Cl. The average molecular weight is 281 g/mol. The fraction of sp³-hybridized carbons (Fsp3) is 0.917. The van der Waals surface area contributed by atoms with Crippen molar-refractivity contribution in [3.8, 4) is 0 Å². The van der Waals surface area contributed by atoms with E-state index in [0.29, 0.717) is 12.3 Å². The molecule has 0 aromatic heterocycles. The van der Waals surface area contributed by atoms with Crippen LogP contribution in [-0.4, -0.2) is 30.0 Å². The van der Waals surface area contributed by atoms with Gasteiger partial charge in [-0.15, -0.1) is 12.4 Å². The maximum atomic E-state index is 11.8. The van der Waals surface area contributed by atoms with Crippen molar-refractivity contribution in [2.75, 3.05) is 12.0 Å². The highest BCUT2D eigenvalue weighted by molar-refractivity contribution is 7.98. The number of carbonyl (C=O) groups excluding carboxylic acids is 1. The fourth-order valence-corrected chi connectivity index (χ4v) is 2.94. The number of nitrogens with one attached hydrogen (secondary N) is 1. The second-order valence-corrected chi connectivity index (χ2v) is 5.75. The number of rotatable bonds is 5. The summed E-state index contributed by atoms with van der Waals surface area (Å²) < 4.78 is 0. The largest absolute Gasteiger partial charge is 0.353 e. The molecule has 3 nitrogen and oxygen atoms in total. The van der Waals surface area contributed by atoms with Crippen LogP contribution >= 0.6 is 24.2 Å². The highest BCUT2D eigenvalue weighted by Crippen LogP contribution is 2.25. The van der Waals surface area contributed by atoms with E-state index in [-0.39, 0.29) is 30.4 Å². The van der Waals surface area contributed by atoms with E-state index in [2.05, 4.69) is 18.5 Å². The molecule has 0 spiro atoms. The van der Waals surface area contributed by atoms with Crippen molar-refractivity contribution < 1.29 is 4.79 Å². The molecule has 3 unspecified atom stereocenters. The van der Waals surface area contributed by atoms with E-state index in [4.69, 9.17) is 5.73 Å². The van der Waals surface area contributed by atoms with Gasteiger partial charge in [-0.1, -0.05) is 12.8 Å². The zero-order valence-corrected chi connectivity index (χ0v) is 12.4. The quantitative estimate of drug-likeness (QED) is 0.812. The first-order valence-corrected chi connectivity index (χ1v) is 7.56. The number of amides is 1. The molecular formula is C12H25ClN2OS. The zero-order chi connectivity index (χ0) is 12.0. The van der Waals surface area contributed by atoms with Gasteiger partial charge in [0.2, 0.25) is 5.91 Å². The minimum Gasteiger partial charge on any atom is -0.353 e. The van der Waals surface area contributed by atoms with Crippen LogP contribution in [-0.2, 0) is 4.79 Å². The molecule has 102 valence electrons. The number of hydrogen-bond acceptors (Lipinski definition) is 3. The van der Waals surface area contributed by atoms with Gasteiger partial charge in [0.1, 0.15) is 0 Å². The standard InChI is InChI=1S/C12H24N2OS.ClH/c1-9(8-16-2)14-12(15)7-10-5-3-4-6-11(10)13;/h9-11H,3-8,13H2,1-2H3,(H,14,15);1H. The summed E-state index contributed by atoms with van der Waals surface area (Å²) in [4.78, 5) is 11.8. The lowest BCUT2D eigenvalue weighted by molar-refractivity contribution is -0.122. The molecule has 1 rings (SSSR count). The normalized spacial score (nSPS) is 25.8. The molecule has 1 amide bonds. The van der Waals surface area contributed by atoms with Gasteiger partial charge >= 0.3 is 0 Å². The molecule has 1 saturated carbocycles. The summed E-state index contributed by atoms with van der Waals surface area (Å²) >= 11 is 1.76. The van der Waals surface area contributed by atoms with Crippen LogP contribution in [0.15, 0.2) is 0 Å². The van der Waals surface area contributed by atoms with Crippen molar-refractivity contribution in [1.82, 2.24) is 5.32 Å². The van der Waals surface area contributed by atoms with Gasteiger partial charge < -0.3 is 11.1 Å². The van der Waals surface area contributed by atoms with Gasteiger partial charge in [0.15, 0.2) is 0 Å². The van der Waals surface area contributed by atoms with Crippen LogP contribution < -0.4 is 11.1 Å². The lowest BCUT2D eigenvalue weighted by atomic mass is 9.83. The summed E-state index contributed by atoms with van der Waals surface area (Å²) in [5, 5.41) is 3.03. The second-order valence-electron chi connectivity index (χ2n) is 4.84. The van der Waals surface area contributed by atoms with Crippen LogP contribution in [0.5, 0.6) is 0 Å². The Hall–Kier alpha value is 0.0700. The molecule has 0 radical (unpaired) electrons.